The first kappa shape index (κ1) is 16.0. The van der Waals surface area contributed by atoms with E-state index in [2.05, 4.69) is 25.8 Å². The molecule has 3 N–H and O–H groups in total. The first-order chi connectivity index (χ1) is 9.87. The highest BCUT2D eigenvalue weighted by molar-refractivity contribution is 9.10. The van der Waals surface area contributed by atoms with Crippen LogP contribution >= 0.6 is 15.9 Å². The Hall–Kier alpha value is -1.38. The third-order valence-corrected chi connectivity index (χ3v) is 5.42. The minimum absolute atomic E-state index is 0.210. The molecule has 0 unspecified atom stereocenters. The van der Waals surface area contributed by atoms with Crippen LogP contribution in [0.4, 0.5) is 5.69 Å². The van der Waals surface area contributed by atoms with Crippen molar-refractivity contribution in [2.45, 2.75) is 31.8 Å². The van der Waals surface area contributed by atoms with Gasteiger partial charge < -0.3 is 5.73 Å². The van der Waals surface area contributed by atoms with E-state index in [0.717, 1.165) is 10.0 Å². The average Bonchev–Trinajstić information content (AvgIpc) is 2.88. The van der Waals surface area contributed by atoms with Crippen molar-refractivity contribution in [3.05, 3.63) is 40.1 Å². The van der Waals surface area contributed by atoms with Gasteiger partial charge in [-0.05, 0) is 37.1 Å². The van der Waals surface area contributed by atoms with Gasteiger partial charge in [0, 0.05) is 23.8 Å². The molecule has 0 fully saturated rings. The molecule has 0 saturated carbocycles. The highest BCUT2D eigenvalue weighted by atomic mass is 79.9. The number of anilines is 1. The number of benzene rings is 1. The molecule has 8 heteroatoms. The SMILES string of the molecule is CCn1cc(NS(=O)(=O)c2cc(CN)cc(Br)c2C)cn1. The number of rotatable bonds is 5. The van der Waals surface area contributed by atoms with Crippen molar-refractivity contribution in [1.29, 1.82) is 0 Å². The molecule has 2 rings (SSSR count). The molecule has 2 aromatic rings. The molecule has 0 saturated heterocycles. The summed E-state index contributed by atoms with van der Waals surface area (Å²) in [5.74, 6) is 0. The van der Waals surface area contributed by atoms with Crippen molar-refractivity contribution in [1.82, 2.24) is 9.78 Å². The van der Waals surface area contributed by atoms with Crippen molar-refractivity contribution in [2.75, 3.05) is 4.72 Å². The summed E-state index contributed by atoms with van der Waals surface area (Å²) in [6.07, 6.45) is 3.13. The molecule has 0 amide bonds. The Labute approximate surface area is 132 Å². The number of nitrogens with two attached hydrogens (primary N) is 1. The largest absolute Gasteiger partial charge is 0.326 e. The average molecular weight is 373 g/mol. The molecular formula is C13H17BrN4O2S. The fourth-order valence-corrected chi connectivity index (χ4v) is 3.89. The number of nitrogens with zero attached hydrogens (tertiary/aromatic N) is 2. The predicted molar refractivity (Wildman–Crippen MR) is 85.5 cm³/mol. The molecule has 0 atom stereocenters. The van der Waals surface area contributed by atoms with E-state index < -0.39 is 10.0 Å². The second-order valence-electron chi connectivity index (χ2n) is 4.60. The fourth-order valence-electron chi connectivity index (χ4n) is 1.90. The van der Waals surface area contributed by atoms with Crippen molar-refractivity contribution < 1.29 is 8.42 Å². The summed E-state index contributed by atoms with van der Waals surface area (Å²) < 4.78 is 30.0. The first-order valence-corrected chi connectivity index (χ1v) is 8.69. The summed E-state index contributed by atoms with van der Waals surface area (Å²) in [6, 6.07) is 3.41. The van der Waals surface area contributed by atoms with E-state index in [1.807, 2.05) is 13.0 Å². The lowest BCUT2D eigenvalue weighted by Gasteiger charge is -2.12. The molecule has 0 radical (unpaired) electrons. The van der Waals surface area contributed by atoms with Crippen molar-refractivity contribution in [3.8, 4) is 0 Å². The van der Waals surface area contributed by atoms with Crippen LogP contribution in [-0.4, -0.2) is 18.2 Å². The number of aryl methyl sites for hydroxylation is 1. The zero-order valence-corrected chi connectivity index (χ0v) is 14.2. The molecule has 1 heterocycles. The molecule has 114 valence electrons. The van der Waals surface area contributed by atoms with E-state index in [1.165, 1.54) is 6.20 Å². The van der Waals surface area contributed by atoms with Crippen LogP contribution in [0, 0.1) is 6.92 Å². The zero-order valence-electron chi connectivity index (χ0n) is 11.8. The second-order valence-corrected chi connectivity index (χ2v) is 7.10. The maximum absolute atomic E-state index is 12.5. The quantitative estimate of drug-likeness (QED) is 0.841. The highest BCUT2D eigenvalue weighted by Crippen LogP contribution is 2.27. The van der Waals surface area contributed by atoms with Crippen molar-refractivity contribution in [3.63, 3.8) is 0 Å². The summed E-state index contributed by atoms with van der Waals surface area (Å²) in [5, 5.41) is 4.05. The van der Waals surface area contributed by atoms with Crippen LogP contribution in [0.1, 0.15) is 18.1 Å². The van der Waals surface area contributed by atoms with Gasteiger partial charge in [-0.15, -0.1) is 0 Å². The summed E-state index contributed by atoms with van der Waals surface area (Å²) in [5.41, 5.74) is 7.43. The Kier molecular flexibility index (Phi) is 4.70. The number of nitrogens with one attached hydrogen (secondary N) is 1. The molecular weight excluding hydrogens is 356 g/mol. The third-order valence-electron chi connectivity index (χ3n) is 3.09. The van der Waals surface area contributed by atoms with Crippen LogP contribution in [-0.2, 0) is 23.1 Å². The van der Waals surface area contributed by atoms with Gasteiger partial charge in [0.2, 0.25) is 0 Å². The molecule has 1 aromatic carbocycles. The van der Waals surface area contributed by atoms with Crippen LogP contribution in [0.5, 0.6) is 0 Å². The van der Waals surface area contributed by atoms with Crippen LogP contribution in [0.2, 0.25) is 0 Å². The third kappa shape index (κ3) is 3.45. The maximum atomic E-state index is 12.5. The molecule has 0 spiro atoms. The Balaban J connectivity index is 2.41. The van der Waals surface area contributed by atoms with Gasteiger partial charge in [0.05, 0.1) is 16.8 Å². The normalized spacial score (nSPS) is 11.6. The second kappa shape index (κ2) is 6.17. The van der Waals surface area contributed by atoms with Gasteiger partial charge in [0.25, 0.3) is 10.0 Å². The molecule has 6 nitrogen and oxygen atoms in total. The smallest absolute Gasteiger partial charge is 0.262 e. The van der Waals surface area contributed by atoms with Crippen molar-refractivity contribution in [2.24, 2.45) is 5.73 Å². The van der Waals surface area contributed by atoms with Crippen LogP contribution in [0.3, 0.4) is 0 Å². The number of aromatic nitrogens is 2. The van der Waals surface area contributed by atoms with E-state index >= 15 is 0 Å². The van der Waals surface area contributed by atoms with E-state index in [0.29, 0.717) is 17.8 Å². The van der Waals surface area contributed by atoms with Gasteiger partial charge in [0.15, 0.2) is 0 Å². The van der Waals surface area contributed by atoms with Crippen LogP contribution < -0.4 is 10.5 Å². The van der Waals surface area contributed by atoms with E-state index in [9.17, 15) is 8.42 Å². The maximum Gasteiger partial charge on any atom is 0.262 e. The summed E-state index contributed by atoms with van der Waals surface area (Å²) >= 11 is 3.37. The first-order valence-electron chi connectivity index (χ1n) is 6.41. The molecule has 0 aliphatic heterocycles. The Morgan fingerprint density at radius 3 is 2.71 bits per heavy atom. The summed E-state index contributed by atoms with van der Waals surface area (Å²) in [4.78, 5) is 0.210. The number of halogens is 1. The van der Waals surface area contributed by atoms with E-state index in [1.54, 1.807) is 23.9 Å². The van der Waals surface area contributed by atoms with Crippen molar-refractivity contribution >= 4 is 31.6 Å². The number of hydrogen-bond acceptors (Lipinski definition) is 4. The van der Waals surface area contributed by atoms with Gasteiger partial charge in [-0.2, -0.15) is 5.10 Å². The highest BCUT2D eigenvalue weighted by Gasteiger charge is 2.20. The Morgan fingerprint density at radius 1 is 1.43 bits per heavy atom. The van der Waals surface area contributed by atoms with Crippen LogP contribution in [0.15, 0.2) is 33.9 Å². The van der Waals surface area contributed by atoms with Gasteiger partial charge in [-0.1, -0.05) is 15.9 Å². The standard InChI is InChI=1S/C13H17BrN4O2S/c1-3-18-8-11(7-16-18)17-21(19,20)13-5-10(6-15)4-12(14)9(13)2/h4-5,7-8,17H,3,6,15H2,1-2H3. The minimum Gasteiger partial charge on any atom is -0.326 e. The molecule has 1 aromatic heterocycles. The predicted octanol–water partition coefficient (Wildman–Crippen LogP) is 2.23. The Morgan fingerprint density at radius 2 is 2.14 bits per heavy atom. The molecule has 0 aliphatic carbocycles. The molecule has 21 heavy (non-hydrogen) atoms. The van der Waals surface area contributed by atoms with E-state index in [-0.39, 0.29) is 11.4 Å². The monoisotopic (exact) mass is 372 g/mol. The van der Waals surface area contributed by atoms with Crippen LogP contribution in [0.25, 0.3) is 0 Å². The molecule has 0 aliphatic rings. The lowest BCUT2D eigenvalue weighted by atomic mass is 10.1. The number of sulfonamides is 1. The number of hydrogen-bond donors (Lipinski definition) is 2. The van der Waals surface area contributed by atoms with Gasteiger partial charge >= 0.3 is 0 Å². The topological polar surface area (TPSA) is 90.0 Å². The molecule has 0 bridgehead atoms. The van der Waals surface area contributed by atoms with Gasteiger partial charge in [0.1, 0.15) is 0 Å². The Bertz CT molecular complexity index is 756. The summed E-state index contributed by atoms with van der Waals surface area (Å²) in [7, 11) is -3.68. The van der Waals surface area contributed by atoms with E-state index in [4.69, 9.17) is 5.73 Å². The van der Waals surface area contributed by atoms with Gasteiger partial charge in [-0.25, -0.2) is 8.42 Å². The fraction of sp³-hybridized carbons (Fsp3) is 0.308. The summed E-state index contributed by atoms with van der Waals surface area (Å²) in [6.45, 7) is 4.62. The zero-order chi connectivity index (χ0) is 15.6. The van der Waals surface area contributed by atoms with Gasteiger partial charge in [-0.3, -0.25) is 9.40 Å². The minimum atomic E-state index is -3.68. The lowest BCUT2D eigenvalue weighted by Crippen LogP contribution is -2.15. The lowest BCUT2D eigenvalue weighted by molar-refractivity contribution is 0.600.